The van der Waals surface area contributed by atoms with Gasteiger partial charge >= 0.3 is 0 Å². The van der Waals surface area contributed by atoms with E-state index in [1.54, 1.807) is 17.0 Å². The Morgan fingerprint density at radius 2 is 2.26 bits per heavy atom. The second kappa shape index (κ2) is 5.93. The number of aromatic hydroxyl groups is 2. The van der Waals surface area contributed by atoms with Crippen molar-refractivity contribution in [2.24, 2.45) is 5.92 Å². The predicted octanol–water partition coefficient (Wildman–Crippen LogP) is 1.17. The maximum Gasteiger partial charge on any atom is 0.257 e. The zero-order valence-electron chi connectivity index (χ0n) is 11.1. The summed E-state index contributed by atoms with van der Waals surface area (Å²) in [6.45, 7) is 2.28. The lowest BCUT2D eigenvalue weighted by atomic mass is 9.97. The third kappa shape index (κ3) is 2.98. The number of amides is 1. The molecule has 0 bridgehead atoms. The largest absolute Gasteiger partial charge is 0.504 e. The molecule has 1 aliphatic rings. The summed E-state index contributed by atoms with van der Waals surface area (Å²) in [5, 5.41) is 22.3. The molecule has 19 heavy (non-hydrogen) atoms. The highest BCUT2D eigenvalue weighted by atomic mass is 16.3. The third-order valence-electron chi connectivity index (χ3n) is 3.54. The van der Waals surface area contributed by atoms with Gasteiger partial charge in [0.05, 0.1) is 5.56 Å². The Balaban J connectivity index is 2.12. The minimum atomic E-state index is -0.330. The van der Waals surface area contributed by atoms with Crippen LogP contribution in [0.25, 0.3) is 0 Å². The average Bonchev–Trinajstić information content (AvgIpc) is 2.42. The minimum Gasteiger partial charge on any atom is -0.504 e. The molecule has 0 saturated carbocycles. The van der Waals surface area contributed by atoms with Crippen molar-refractivity contribution < 1.29 is 15.0 Å². The number of hydrogen-bond acceptors (Lipinski definition) is 4. The maximum absolute atomic E-state index is 12.4. The molecule has 0 aromatic heterocycles. The average molecular weight is 264 g/mol. The SMILES string of the molecule is CNCC1CCCN(C(=O)c2cccc(O)c2O)C1. The van der Waals surface area contributed by atoms with Crippen LogP contribution in [0.2, 0.25) is 0 Å². The van der Waals surface area contributed by atoms with Crippen LogP contribution in [0.5, 0.6) is 11.5 Å². The molecule has 0 radical (unpaired) electrons. The minimum absolute atomic E-state index is 0.171. The van der Waals surface area contributed by atoms with Gasteiger partial charge in [-0.2, -0.15) is 0 Å². The molecule has 2 rings (SSSR count). The summed E-state index contributed by atoms with van der Waals surface area (Å²) in [6, 6.07) is 4.47. The van der Waals surface area contributed by atoms with Gasteiger partial charge in [-0.25, -0.2) is 0 Å². The second-order valence-corrected chi connectivity index (χ2v) is 4.99. The highest BCUT2D eigenvalue weighted by molar-refractivity contribution is 5.97. The number of nitrogens with one attached hydrogen (secondary N) is 1. The van der Waals surface area contributed by atoms with Gasteiger partial charge in [0, 0.05) is 13.1 Å². The monoisotopic (exact) mass is 264 g/mol. The number of para-hydroxylation sites is 1. The zero-order chi connectivity index (χ0) is 13.8. The van der Waals surface area contributed by atoms with Crippen LogP contribution < -0.4 is 5.32 Å². The summed E-state index contributed by atoms with van der Waals surface area (Å²) in [6.07, 6.45) is 2.08. The maximum atomic E-state index is 12.4. The number of phenolic OH excluding ortho intramolecular Hbond substituents is 2. The molecule has 0 spiro atoms. The van der Waals surface area contributed by atoms with Gasteiger partial charge in [-0.05, 0) is 44.5 Å². The quantitative estimate of drug-likeness (QED) is 0.717. The van der Waals surface area contributed by atoms with Gasteiger partial charge in [0.2, 0.25) is 0 Å². The number of likely N-dealkylation sites (tertiary alicyclic amines) is 1. The molecule has 3 N–H and O–H groups in total. The van der Waals surface area contributed by atoms with E-state index in [4.69, 9.17) is 0 Å². The van der Waals surface area contributed by atoms with E-state index in [1.165, 1.54) is 6.07 Å². The first-order chi connectivity index (χ1) is 9.13. The van der Waals surface area contributed by atoms with Gasteiger partial charge in [0.25, 0.3) is 5.91 Å². The summed E-state index contributed by atoms with van der Waals surface area (Å²) >= 11 is 0. The molecule has 1 aromatic rings. The standard InChI is InChI=1S/C14H20N2O3/c1-15-8-10-4-3-7-16(9-10)14(19)11-5-2-6-12(17)13(11)18/h2,5-6,10,15,17-18H,3-4,7-9H2,1H3. The van der Waals surface area contributed by atoms with Crippen LogP contribution in [0.4, 0.5) is 0 Å². The molecule has 5 heteroatoms. The van der Waals surface area contributed by atoms with Crippen molar-refractivity contribution >= 4 is 5.91 Å². The highest BCUT2D eigenvalue weighted by Gasteiger charge is 2.26. The van der Waals surface area contributed by atoms with Gasteiger partial charge in [-0.15, -0.1) is 0 Å². The lowest BCUT2D eigenvalue weighted by Crippen LogP contribution is -2.42. The van der Waals surface area contributed by atoms with E-state index in [0.717, 1.165) is 19.4 Å². The van der Waals surface area contributed by atoms with Crippen LogP contribution in [-0.2, 0) is 0 Å². The normalized spacial score (nSPS) is 19.4. The number of rotatable bonds is 3. The molecule has 1 atom stereocenters. The fourth-order valence-corrected chi connectivity index (χ4v) is 2.58. The van der Waals surface area contributed by atoms with Gasteiger partial charge < -0.3 is 20.4 Å². The predicted molar refractivity (Wildman–Crippen MR) is 72.3 cm³/mol. The lowest BCUT2D eigenvalue weighted by molar-refractivity contribution is 0.0670. The zero-order valence-corrected chi connectivity index (χ0v) is 11.1. The Bertz CT molecular complexity index is 460. The molecule has 0 aliphatic carbocycles. The number of benzene rings is 1. The van der Waals surface area contributed by atoms with Crippen molar-refractivity contribution in [1.82, 2.24) is 10.2 Å². The Morgan fingerprint density at radius 1 is 1.47 bits per heavy atom. The van der Waals surface area contributed by atoms with Crippen molar-refractivity contribution in [3.05, 3.63) is 23.8 Å². The summed E-state index contributed by atoms with van der Waals surface area (Å²) in [7, 11) is 1.90. The van der Waals surface area contributed by atoms with Crippen LogP contribution in [0.3, 0.4) is 0 Å². The molecule has 1 fully saturated rings. The van der Waals surface area contributed by atoms with Crippen LogP contribution >= 0.6 is 0 Å². The Hall–Kier alpha value is -1.75. The van der Waals surface area contributed by atoms with Gasteiger partial charge in [-0.3, -0.25) is 4.79 Å². The Kier molecular flexibility index (Phi) is 4.27. The van der Waals surface area contributed by atoms with Crippen molar-refractivity contribution in [1.29, 1.82) is 0 Å². The number of phenols is 2. The van der Waals surface area contributed by atoms with Crippen LogP contribution in [0.1, 0.15) is 23.2 Å². The number of carbonyl (C=O) groups excluding carboxylic acids is 1. The molecule has 1 heterocycles. The molecule has 1 aliphatic heterocycles. The van der Waals surface area contributed by atoms with E-state index in [-0.39, 0.29) is 23.0 Å². The third-order valence-corrected chi connectivity index (χ3v) is 3.54. The van der Waals surface area contributed by atoms with Crippen molar-refractivity contribution in [3.8, 4) is 11.5 Å². The molecule has 5 nitrogen and oxygen atoms in total. The second-order valence-electron chi connectivity index (χ2n) is 4.99. The topological polar surface area (TPSA) is 72.8 Å². The van der Waals surface area contributed by atoms with Crippen molar-refractivity contribution in [3.63, 3.8) is 0 Å². The van der Waals surface area contributed by atoms with Crippen molar-refractivity contribution in [2.45, 2.75) is 12.8 Å². The van der Waals surface area contributed by atoms with Gasteiger partial charge in [0.1, 0.15) is 0 Å². The number of nitrogens with zero attached hydrogens (tertiary/aromatic N) is 1. The molecular weight excluding hydrogens is 244 g/mol. The highest BCUT2D eigenvalue weighted by Crippen LogP contribution is 2.30. The fraction of sp³-hybridized carbons (Fsp3) is 0.500. The van der Waals surface area contributed by atoms with Gasteiger partial charge in [-0.1, -0.05) is 6.07 Å². The first kappa shape index (κ1) is 13.7. The van der Waals surface area contributed by atoms with E-state index >= 15 is 0 Å². The molecule has 1 aromatic carbocycles. The summed E-state index contributed by atoms with van der Waals surface area (Å²) in [5.74, 6) is -0.353. The number of hydrogen-bond donors (Lipinski definition) is 3. The van der Waals surface area contributed by atoms with E-state index < -0.39 is 0 Å². The van der Waals surface area contributed by atoms with Crippen LogP contribution in [-0.4, -0.2) is 47.7 Å². The molecule has 1 saturated heterocycles. The summed E-state index contributed by atoms with van der Waals surface area (Å²) in [4.78, 5) is 14.1. The first-order valence-electron chi connectivity index (χ1n) is 6.58. The summed E-state index contributed by atoms with van der Waals surface area (Å²) < 4.78 is 0. The van der Waals surface area contributed by atoms with Crippen LogP contribution in [0, 0.1) is 5.92 Å². The first-order valence-corrected chi connectivity index (χ1v) is 6.58. The number of carbonyl (C=O) groups is 1. The number of piperidine rings is 1. The van der Waals surface area contributed by atoms with E-state index in [1.807, 2.05) is 7.05 Å². The fourth-order valence-electron chi connectivity index (χ4n) is 2.58. The van der Waals surface area contributed by atoms with Gasteiger partial charge in [0.15, 0.2) is 11.5 Å². The Morgan fingerprint density at radius 3 is 3.00 bits per heavy atom. The Labute approximate surface area is 112 Å². The lowest BCUT2D eigenvalue weighted by Gasteiger charge is -2.32. The van der Waals surface area contributed by atoms with Crippen LogP contribution in [0.15, 0.2) is 18.2 Å². The molecule has 104 valence electrons. The summed E-state index contributed by atoms with van der Waals surface area (Å²) in [5.41, 5.74) is 0.171. The van der Waals surface area contributed by atoms with E-state index in [9.17, 15) is 15.0 Å². The van der Waals surface area contributed by atoms with E-state index in [2.05, 4.69) is 5.32 Å². The van der Waals surface area contributed by atoms with E-state index in [0.29, 0.717) is 19.0 Å². The molecule has 1 unspecified atom stereocenters. The smallest absolute Gasteiger partial charge is 0.257 e. The molecular formula is C14H20N2O3. The molecule has 1 amide bonds. The van der Waals surface area contributed by atoms with Crippen molar-refractivity contribution in [2.75, 3.05) is 26.7 Å².